The Morgan fingerprint density at radius 1 is 0.481 bits per heavy atom. The van der Waals surface area contributed by atoms with Crippen molar-refractivity contribution in [3.05, 3.63) is 142 Å². The molecule has 81 heavy (non-hydrogen) atoms. The number of anilines is 2. The van der Waals surface area contributed by atoms with E-state index in [2.05, 4.69) is 37.9 Å². The van der Waals surface area contributed by atoms with Gasteiger partial charge in [0.05, 0.1) is 77.3 Å². The van der Waals surface area contributed by atoms with Crippen molar-refractivity contribution >= 4 is 53.1 Å². The van der Waals surface area contributed by atoms with Crippen LogP contribution in [-0.2, 0) is 19.1 Å². The van der Waals surface area contributed by atoms with Crippen LogP contribution < -0.4 is 48.4 Å². The van der Waals surface area contributed by atoms with E-state index < -0.39 is 163 Å². The molecule has 0 amide bonds. The molecule has 18 nitrogen and oxygen atoms in total. The number of nitrogens with two attached hydrogens (primary N) is 1. The van der Waals surface area contributed by atoms with Gasteiger partial charge in [-0.15, -0.1) is 0 Å². The molecule has 5 N–H and O–H groups in total. The lowest BCUT2D eigenvalue weighted by Crippen LogP contribution is -2.17. The smallest absolute Gasteiger partial charge is 0.335 e. The van der Waals surface area contributed by atoms with E-state index in [9.17, 15) is 79.1 Å². The first-order valence-electron chi connectivity index (χ1n) is 20.9. The summed E-state index contributed by atoms with van der Waals surface area (Å²) in [5, 5.41) is 17.4. The van der Waals surface area contributed by atoms with Gasteiger partial charge in [-0.25, -0.2) is 61.5 Å². The number of hydrogen-bond donors (Lipinski definition) is 4. The van der Waals surface area contributed by atoms with E-state index in [1.54, 1.807) is 11.6 Å². The number of carbonyl (C=O) groups is 2. The number of ether oxygens (including phenoxy) is 8. The van der Waals surface area contributed by atoms with E-state index in [1.165, 1.54) is 18.2 Å². The summed E-state index contributed by atoms with van der Waals surface area (Å²) in [6.45, 7) is 1.65. The Morgan fingerprint density at radius 3 is 1.10 bits per heavy atom. The van der Waals surface area contributed by atoms with Crippen LogP contribution in [0, 0.1) is 69.8 Å². The summed E-state index contributed by atoms with van der Waals surface area (Å²) in [6.07, 6.45) is 0. The highest BCUT2D eigenvalue weighted by Crippen LogP contribution is 2.40. The summed E-state index contributed by atoms with van der Waals surface area (Å²) in [7, 11) is 3.69. The molecule has 0 fully saturated rings. The third-order valence-corrected chi connectivity index (χ3v) is 12.1. The van der Waals surface area contributed by atoms with Crippen LogP contribution in [0.5, 0.6) is 46.0 Å². The monoisotopic (exact) mass is 1230 g/mol. The van der Waals surface area contributed by atoms with E-state index in [-0.39, 0.29) is 30.1 Å². The summed E-state index contributed by atoms with van der Waals surface area (Å²) in [6, 6.07) is 9.93. The van der Waals surface area contributed by atoms with Gasteiger partial charge < -0.3 is 53.8 Å². The van der Waals surface area contributed by atoms with Gasteiger partial charge in [-0.3, -0.25) is 4.72 Å². The Kier molecular flexibility index (Phi) is 26.9. The molecule has 0 aliphatic rings. The number of carboxylic acid groups (broad SMARTS) is 2. The second-order valence-electron chi connectivity index (χ2n) is 14.2. The van der Waals surface area contributed by atoms with E-state index in [1.807, 2.05) is 0 Å². The van der Waals surface area contributed by atoms with Crippen LogP contribution in [0.4, 0.5) is 64.1 Å². The Hall–Kier alpha value is -8.39. The maximum atomic E-state index is 14.3. The van der Waals surface area contributed by atoms with Crippen molar-refractivity contribution in [1.29, 1.82) is 0 Å². The number of methoxy groups -OCH3 is 7. The van der Waals surface area contributed by atoms with E-state index in [0.29, 0.717) is 12.1 Å². The topological polar surface area (TPSA) is 255 Å². The Labute approximate surface area is 457 Å². The van der Waals surface area contributed by atoms with Gasteiger partial charge in [-0.2, -0.15) is 17.6 Å². The SMILES string of the molecule is C.CCOc1c(F)cc(F)c(OC)c1F.COc1c(F)c(N)c(F)c(OC)c1F.COc1c(F)c(NS(=O)(=O)c2cccc(C(=O)O)c2)c(F)c(OC)c1F.COc1c(F)cc(F)c(OC)c1F.O=C(O)c1cccc(S(=O)(=O)Cl)c1. The molecule has 0 atom stereocenters. The molecule has 6 aromatic carbocycles. The average molecular weight is 1230 g/mol. The van der Waals surface area contributed by atoms with Crippen molar-refractivity contribution in [3.8, 4) is 46.0 Å². The highest BCUT2D eigenvalue weighted by Gasteiger charge is 2.31. The second kappa shape index (κ2) is 30.8. The predicted octanol–water partition coefficient (Wildman–Crippen LogP) is 10.9. The van der Waals surface area contributed by atoms with E-state index >= 15 is 0 Å². The van der Waals surface area contributed by atoms with Crippen molar-refractivity contribution in [3.63, 3.8) is 0 Å². The summed E-state index contributed by atoms with van der Waals surface area (Å²) < 4.78 is 243. The zero-order valence-electron chi connectivity index (χ0n) is 41.9. The fraction of sp³-hybridized carbons (Fsp3) is 0.208. The first-order chi connectivity index (χ1) is 37.3. The number of nitrogen functional groups attached to an aromatic ring is 1. The van der Waals surface area contributed by atoms with Crippen molar-refractivity contribution < 1.29 is 127 Å². The van der Waals surface area contributed by atoms with Crippen molar-refractivity contribution in [2.75, 3.05) is 66.8 Å². The van der Waals surface area contributed by atoms with Gasteiger partial charge in [0, 0.05) is 22.8 Å². The summed E-state index contributed by atoms with van der Waals surface area (Å²) in [4.78, 5) is 20.6. The molecule has 33 heteroatoms. The molecule has 6 aromatic rings. The Morgan fingerprint density at radius 2 is 0.778 bits per heavy atom. The molecule has 0 heterocycles. The molecular weight excluding hydrogens is 1190 g/mol. The lowest BCUT2D eigenvalue weighted by atomic mass is 10.2. The molecule has 6 rings (SSSR count). The number of hydrogen-bond acceptors (Lipinski definition) is 15. The molecule has 0 unspecified atom stereocenters. The maximum Gasteiger partial charge on any atom is 0.335 e. The second-order valence-corrected chi connectivity index (χ2v) is 18.4. The quantitative estimate of drug-likeness (QED) is 0.0423. The van der Waals surface area contributed by atoms with Crippen LogP contribution in [0.3, 0.4) is 0 Å². The number of halogens is 13. The fourth-order valence-corrected chi connectivity index (χ4v) is 7.68. The minimum Gasteiger partial charge on any atom is -0.491 e. The van der Waals surface area contributed by atoms with Crippen LogP contribution in [0.1, 0.15) is 35.1 Å². The highest BCUT2D eigenvalue weighted by atomic mass is 35.7. The summed E-state index contributed by atoms with van der Waals surface area (Å²) in [5.41, 5.74) is 2.49. The maximum absolute atomic E-state index is 14.3. The molecular formula is C48H45ClF12N2O16S2. The van der Waals surface area contributed by atoms with Gasteiger partial charge in [0.25, 0.3) is 19.1 Å². The van der Waals surface area contributed by atoms with E-state index in [4.69, 9.17) is 26.6 Å². The van der Waals surface area contributed by atoms with Crippen LogP contribution in [-0.4, -0.2) is 95.4 Å². The fourth-order valence-electron chi connectivity index (χ4n) is 5.78. The molecule has 0 aromatic heterocycles. The Bertz CT molecular complexity index is 3370. The first kappa shape index (κ1) is 70.6. The minimum atomic E-state index is -4.60. The zero-order chi connectivity index (χ0) is 61.3. The largest absolute Gasteiger partial charge is 0.491 e. The summed E-state index contributed by atoms with van der Waals surface area (Å²) in [5.74, 6) is -24.1. The molecule has 446 valence electrons. The number of aromatic carboxylic acids is 2. The average Bonchev–Trinajstić information content (AvgIpc) is 3.39. The van der Waals surface area contributed by atoms with Gasteiger partial charge in [-0.1, -0.05) is 19.6 Å². The summed E-state index contributed by atoms with van der Waals surface area (Å²) >= 11 is 0. The van der Waals surface area contributed by atoms with Crippen molar-refractivity contribution in [1.82, 2.24) is 0 Å². The molecule has 0 saturated carbocycles. The van der Waals surface area contributed by atoms with E-state index in [0.717, 1.165) is 80.1 Å². The molecule has 0 saturated heterocycles. The number of rotatable bonds is 15. The zero-order valence-corrected chi connectivity index (χ0v) is 44.3. The van der Waals surface area contributed by atoms with Crippen LogP contribution in [0.2, 0.25) is 0 Å². The van der Waals surface area contributed by atoms with Gasteiger partial charge in [0.15, 0.2) is 92.5 Å². The van der Waals surface area contributed by atoms with Crippen LogP contribution >= 0.6 is 10.7 Å². The van der Waals surface area contributed by atoms with Gasteiger partial charge >= 0.3 is 11.9 Å². The lowest BCUT2D eigenvalue weighted by Gasteiger charge is -2.15. The van der Waals surface area contributed by atoms with Gasteiger partial charge in [0.1, 0.15) is 11.4 Å². The third-order valence-electron chi connectivity index (χ3n) is 9.39. The first-order valence-corrected chi connectivity index (χ1v) is 24.7. The standard InChI is InChI=1S/C15H12F3NO6S.C9H9F3O2.C8H8F3NO2.C8H7F3O2.C7H5ClO4S.CH4/c1-24-13-9(16)12(10(17)14(25-2)11(13)18)19-26(22,23)8-5-3-4-7(6-8)15(20)21;1-3-14-9-6(11)4-5(10)8(13-2)7(9)12;1-13-7-3(9)6(12)4(10)8(14-2)5(7)11;1-12-7-4(9)3-5(10)8(13-2)6(7)11;8-13(11,12)6-3-1-2-5(4-6)7(9)10;/h3-6,19H,1-2H3,(H,20,21);4H,3H2,1-2H3;12H2,1-2H3;3H,1-2H3;1-4H,(H,9,10);1H4. The number of sulfonamides is 1. The Balaban J connectivity index is 0.000000523. The van der Waals surface area contributed by atoms with Crippen LogP contribution in [0.15, 0.2) is 70.5 Å². The molecule has 0 bridgehead atoms. The number of nitrogens with one attached hydrogen (secondary N) is 1. The highest BCUT2D eigenvalue weighted by molar-refractivity contribution is 8.13. The van der Waals surface area contributed by atoms with Crippen molar-refractivity contribution in [2.24, 2.45) is 0 Å². The number of carboxylic acids is 2. The van der Waals surface area contributed by atoms with Gasteiger partial charge in [0.2, 0.25) is 23.3 Å². The minimum absolute atomic E-state index is 0. The third kappa shape index (κ3) is 17.3. The molecule has 0 aliphatic carbocycles. The van der Waals surface area contributed by atoms with Gasteiger partial charge in [-0.05, 0) is 43.3 Å². The molecule has 0 aliphatic heterocycles. The van der Waals surface area contributed by atoms with Crippen LogP contribution in [0.25, 0.3) is 0 Å². The van der Waals surface area contributed by atoms with Crippen molar-refractivity contribution in [2.45, 2.75) is 24.1 Å². The molecule has 0 radical (unpaired) electrons. The number of benzene rings is 6. The predicted molar refractivity (Wildman–Crippen MR) is 264 cm³/mol. The lowest BCUT2D eigenvalue weighted by molar-refractivity contribution is 0.0685. The normalized spacial score (nSPS) is 10.4. The molecule has 0 spiro atoms.